The van der Waals surface area contributed by atoms with Crippen molar-refractivity contribution < 1.29 is 26.2 Å². The molecule has 0 amide bonds. The smallest absolute Gasteiger partial charge is 0.482 e. The van der Waals surface area contributed by atoms with E-state index >= 15 is 0 Å². The Morgan fingerprint density at radius 1 is 1.39 bits per heavy atom. The number of aliphatic hydroxyl groups is 1. The number of aromatic nitrogens is 1. The van der Waals surface area contributed by atoms with Crippen LogP contribution in [0.4, 0.5) is 5.82 Å². The summed E-state index contributed by atoms with van der Waals surface area (Å²) in [5, 5.41) is 10.4. The number of nitrogens with zero attached hydrogens (tertiary/aromatic N) is 2. The maximum atomic E-state index is 10.4. The number of hydrogen-bond donors (Lipinski definition) is 1. The van der Waals surface area contributed by atoms with Gasteiger partial charge in [0.25, 0.3) is 0 Å². The predicted molar refractivity (Wildman–Crippen MR) is 70.0 cm³/mol. The molecule has 1 saturated heterocycles. The molecule has 0 bridgehead atoms. The van der Waals surface area contributed by atoms with E-state index in [-0.39, 0.29) is 34.3 Å². The summed E-state index contributed by atoms with van der Waals surface area (Å²) in [6.45, 7) is 1.86. The van der Waals surface area contributed by atoms with Crippen molar-refractivity contribution in [2.75, 3.05) is 20.1 Å². The average molecular weight is 419 g/mol. The Morgan fingerprint density at radius 2 is 2.00 bits per heavy atom. The third kappa shape index (κ3) is 4.68. The first-order valence-corrected chi connectivity index (χ1v) is 5.66. The van der Waals surface area contributed by atoms with Gasteiger partial charge in [-0.2, -0.15) is 0 Å². The predicted octanol–water partition coefficient (Wildman–Crippen LogP) is 2.21. The fourth-order valence-corrected chi connectivity index (χ4v) is 2.13. The summed E-state index contributed by atoms with van der Waals surface area (Å²) in [7, 11) is 2.07. The zero-order valence-electron chi connectivity index (χ0n) is 11.0. The van der Waals surface area contributed by atoms with Crippen LogP contribution in [0, 0.1) is 7.43 Å². The first-order chi connectivity index (χ1) is 7.57. The molecule has 2 heterocycles. The van der Waals surface area contributed by atoms with E-state index in [2.05, 4.69) is 16.9 Å². The van der Waals surface area contributed by atoms with E-state index in [1.807, 2.05) is 12.1 Å². The summed E-state index contributed by atoms with van der Waals surface area (Å²) >= 11 is 0. The fourth-order valence-electron chi connectivity index (χ4n) is 2.13. The van der Waals surface area contributed by atoms with Crippen molar-refractivity contribution in [3.8, 4) is 0 Å². The first kappa shape index (κ1) is 17.6. The molecule has 18 heavy (non-hydrogen) atoms. The summed E-state index contributed by atoms with van der Waals surface area (Å²) in [5.74, 6) is 0.272. The van der Waals surface area contributed by atoms with Gasteiger partial charge in [-0.25, -0.2) is 0 Å². The Labute approximate surface area is 124 Å². The van der Waals surface area contributed by atoms with Crippen molar-refractivity contribution in [1.82, 2.24) is 9.88 Å². The molecule has 1 aromatic rings. The molecular formula is C13H21N3OW. The third-order valence-corrected chi connectivity index (χ3v) is 3.23. The van der Waals surface area contributed by atoms with Crippen LogP contribution in [0.15, 0.2) is 18.2 Å². The Hall–Kier alpha value is -0.442. The van der Waals surface area contributed by atoms with Gasteiger partial charge in [-0.05, 0) is 26.3 Å². The Morgan fingerprint density at radius 3 is 2.56 bits per heavy atom. The molecule has 1 aliphatic heterocycles. The van der Waals surface area contributed by atoms with Gasteiger partial charge in [0.05, 0.1) is 5.60 Å². The summed E-state index contributed by atoms with van der Waals surface area (Å²) < 4.78 is 0. The molecule has 0 unspecified atom stereocenters. The molecule has 1 fully saturated rings. The molecule has 1 aromatic heterocycles. The number of likely N-dealkylation sites (tertiary alicyclic amines) is 1. The Bertz CT molecular complexity index is 365. The zero-order valence-corrected chi connectivity index (χ0v) is 14.0. The second-order valence-electron chi connectivity index (χ2n) is 4.72. The summed E-state index contributed by atoms with van der Waals surface area (Å²) in [6.07, 6.45) is 2.13. The second-order valence-corrected chi connectivity index (χ2v) is 4.72. The van der Waals surface area contributed by atoms with Crippen molar-refractivity contribution in [2.24, 2.45) is 0 Å². The zero-order chi connectivity index (χ0) is 11.6. The number of piperidine rings is 1. The fraction of sp³-hybridized carbons (Fsp3) is 0.538. The Balaban J connectivity index is 0.00000144. The SMILES string of the molecule is CN1CCC(O)(Cc2cccc([NH-])n2)CC1.[CH3-].[W+2]. The van der Waals surface area contributed by atoms with Gasteiger partial charge in [-0.3, -0.25) is 0 Å². The van der Waals surface area contributed by atoms with Crippen LogP contribution >= 0.6 is 0 Å². The summed E-state index contributed by atoms with van der Waals surface area (Å²) in [4.78, 5) is 6.35. The van der Waals surface area contributed by atoms with Gasteiger partial charge in [0.1, 0.15) is 0 Å². The van der Waals surface area contributed by atoms with E-state index in [1.54, 1.807) is 6.07 Å². The molecule has 2 N–H and O–H groups in total. The van der Waals surface area contributed by atoms with Crippen LogP contribution in [-0.4, -0.2) is 40.7 Å². The van der Waals surface area contributed by atoms with E-state index in [0.29, 0.717) is 6.42 Å². The molecule has 0 aromatic carbocycles. The van der Waals surface area contributed by atoms with Gasteiger partial charge in [0.2, 0.25) is 0 Å². The van der Waals surface area contributed by atoms with E-state index in [1.165, 1.54) is 0 Å². The van der Waals surface area contributed by atoms with Crippen LogP contribution in [0.5, 0.6) is 0 Å². The first-order valence-electron chi connectivity index (χ1n) is 5.66. The molecule has 2 rings (SSSR count). The van der Waals surface area contributed by atoms with Crippen LogP contribution in [0.25, 0.3) is 5.73 Å². The molecule has 0 atom stereocenters. The largest absolute Gasteiger partial charge is 2.00 e. The van der Waals surface area contributed by atoms with E-state index in [0.717, 1.165) is 31.6 Å². The topological polar surface area (TPSA) is 60.2 Å². The molecule has 0 radical (unpaired) electrons. The maximum Gasteiger partial charge on any atom is 2.00 e. The van der Waals surface area contributed by atoms with Gasteiger partial charge in [-0.15, -0.1) is 0 Å². The molecule has 0 aliphatic carbocycles. The normalized spacial score (nSPS) is 18.6. The number of rotatable bonds is 2. The van der Waals surface area contributed by atoms with E-state index < -0.39 is 5.60 Å². The van der Waals surface area contributed by atoms with Crippen molar-refractivity contribution in [3.63, 3.8) is 0 Å². The standard InChI is InChI=1S/C12H18N3O.CH3.W/c1-15-7-5-12(16,6-8-15)9-10-3-2-4-11(13)14-10;;/h2-4,16H,5-9H2,1H3,(H-,13,14);1H3;/q2*-1;+2. The molecule has 0 saturated carbocycles. The number of nitrogens with one attached hydrogen (secondary N) is 1. The Kier molecular flexibility index (Phi) is 7.04. The van der Waals surface area contributed by atoms with Crippen molar-refractivity contribution >= 4 is 5.82 Å². The van der Waals surface area contributed by atoms with Crippen LogP contribution in [-0.2, 0) is 27.5 Å². The molecule has 100 valence electrons. The molecule has 5 heteroatoms. The minimum atomic E-state index is -0.632. The van der Waals surface area contributed by atoms with Crippen LogP contribution in [0.1, 0.15) is 18.5 Å². The summed E-state index contributed by atoms with van der Waals surface area (Å²) in [6, 6.07) is 5.36. The maximum absolute atomic E-state index is 10.4. The molecule has 1 aliphatic rings. The molecular weight excluding hydrogens is 398 g/mol. The monoisotopic (exact) mass is 419 g/mol. The third-order valence-electron chi connectivity index (χ3n) is 3.23. The minimum absolute atomic E-state index is 0. The van der Waals surface area contributed by atoms with Crippen LogP contribution in [0.2, 0.25) is 0 Å². The number of hydrogen-bond acceptors (Lipinski definition) is 3. The average Bonchev–Trinajstić information content (AvgIpc) is 2.23. The molecule has 4 nitrogen and oxygen atoms in total. The minimum Gasteiger partial charge on any atom is -0.482 e. The van der Waals surface area contributed by atoms with Crippen LogP contribution < -0.4 is 0 Å². The van der Waals surface area contributed by atoms with Crippen molar-refractivity contribution in [3.05, 3.63) is 37.1 Å². The second kappa shape index (κ2) is 7.22. The van der Waals surface area contributed by atoms with Crippen LogP contribution in [0.3, 0.4) is 0 Å². The van der Waals surface area contributed by atoms with Gasteiger partial charge < -0.3 is 28.2 Å². The van der Waals surface area contributed by atoms with Gasteiger partial charge in [0.15, 0.2) is 0 Å². The number of pyridine rings is 1. The summed E-state index contributed by atoms with van der Waals surface area (Å²) in [5.41, 5.74) is 7.64. The van der Waals surface area contributed by atoms with E-state index in [9.17, 15) is 5.11 Å². The van der Waals surface area contributed by atoms with E-state index in [4.69, 9.17) is 5.73 Å². The molecule has 0 spiro atoms. The van der Waals surface area contributed by atoms with Gasteiger partial charge >= 0.3 is 21.1 Å². The van der Waals surface area contributed by atoms with Crippen molar-refractivity contribution in [2.45, 2.75) is 24.9 Å². The van der Waals surface area contributed by atoms with Gasteiger partial charge in [-0.1, -0.05) is 29.7 Å². The van der Waals surface area contributed by atoms with Crippen molar-refractivity contribution in [1.29, 1.82) is 0 Å². The van der Waals surface area contributed by atoms with Gasteiger partial charge in [0, 0.05) is 13.1 Å². The quantitative estimate of drug-likeness (QED) is 0.749.